The first-order valence-electron chi connectivity index (χ1n) is 8.26. The summed E-state index contributed by atoms with van der Waals surface area (Å²) in [4.78, 5) is 0. The second kappa shape index (κ2) is 6.17. The van der Waals surface area contributed by atoms with Crippen molar-refractivity contribution in [3.8, 4) is 5.75 Å². The van der Waals surface area contributed by atoms with Crippen LogP contribution in [0.1, 0.15) is 56.1 Å². The van der Waals surface area contributed by atoms with E-state index in [9.17, 15) is 0 Å². The standard InChI is InChI=1S/C18H27NO/c19-13-18(10-4-1-5-11-18)14-20-17-9-8-15-6-2-3-7-16(15)12-17/h8-9,12H,1-7,10-11,13-14,19H2. The molecular formula is C18H27NO. The average molecular weight is 273 g/mol. The van der Waals surface area contributed by atoms with E-state index in [0.717, 1.165) is 18.9 Å². The zero-order chi connectivity index (χ0) is 13.8. The first-order valence-corrected chi connectivity index (χ1v) is 8.26. The monoisotopic (exact) mass is 273 g/mol. The topological polar surface area (TPSA) is 35.2 Å². The lowest BCUT2D eigenvalue weighted by molar-refractivity contribution is 0.105. The van der Waals surface area contributed by atoms with Crippen LogP contribution in [0, 0.1) is 5.41 Å². The van der Waals surface area contributed by atoms with Crippen LogP contribution in [0.25, 0.3) is 0 Å². The first-order chi connectivity index (χ1) is 9.81. The molecule has 110 valence electrons. The molecule has 1 saturated carbocycles. The predicted molar refractivity (Wildman–Crippen MR) is 83.2 cm³/mol. The summed E-state index contributed by atoms with van der Waals surface area (Å²) < 4.78 is 6.13. The Morgan fingerprint density at radius 3 is 2.45 bits per heavy atom. The van der Waals surface area contributed by atoms with E-state index in [-0.39, 0.29) is 5.41 Å². The van der Waals surface area contributed by atoms with Crippen molar-refractivity contribution in [2.75, 3.05) is 13.2 Å². The smallest absolute Gasteiger partial charge is 0.119 e. The third-order valence-corrected chi connectivity index (χ3v) is 5.21. The number of hydrogen-bond donors (Lipinski definition) is 1. The molecule has 2 aliphatic carbocycles. The molecule has 0 spiro atoms. The number of rotatable bonds is 4. The Labute approximate surface area is 122 Å². The number of fused-ring (bicyclic) bond motifs is 1. The van der Waals surface area contributed by atoms with Crippen LogP contribution in [0.4, 0.5) is 0 Å². The van der Waals surface area contributed by atoms with Crippen LogP contribution >= 0.6 is 0 Å². The molecule has 1 aromatic carbocycles. The fourth-order valence-electron chi connectivity index (χ4n) is 3.75. The lowest BCUT2D eigenvalue weighted by Crippen LogP contribution is -2.38. The third-order valence-electron chi connectivity index (χ3n) is 5.21. The Morgan fingerprint density at radius 1 is 0.950 bits per heavy atom. The summed E-state index contributed by atoms with van der Waals surface area (Å²) in [6, 6.07) is 6.68. The minimum Gasteiger partial charge on any atom is -0.493 e. The van der Waals surface area contributed by atoms with Crippen LogP contribution in [0.2, 0.25) is 0 Å². The van der Waals surface area contributed by atoms with Crippen LogP contribution in [0.15, 0.2) is 18.2 Å². The molecule has 0 aromatic heterocycles. The fraction of sp³-hybridized carbons (Fsp3) is 0.667. The van der Waals surface area contributed by atoms with E-state index in [2.05, 4.69) is 18.2 Å². The Morgan fingerprint density at radius 2 is 1.70 bits per heavy atom. The Bertz CT molecular complexity index is 449. The number of aryl methyl sites for hydroxylation is 2. The minimum atomic E-state index is 0.230. The average Bonchev–Trinajstić information content (AvgIpc) is 2.54. The van der Waals surface area contributed by atoms with E-state index < -0.39 is 0 Å². The molecule has 2 heteroatoms. The van der Waals surface area contributed by atoms with E-state index >= 15 is 0 Å². The number of nitrogens with two attached hydrogens (primary N) is 1. The van der Waals surface area contributed by atoms with Gasteiger partial charge in [0.2, 0.25) is 0 Å². The molecule has 0 unspecified atom stereocenters. The van der Waals surface area contributed by atoms with Gasteiger partial charge in [-0.1, -0.05) is 25.3 Å². The lowest BCUT2D eigenvalue weighted by atomic mass is 9.75. The van der Waals surface area contributed by atoms with Gasteiger partial charge in [-0.2, -0.15) is 0 Å². The van der Waals surface area contributed by atoms with Crippen molar-refractivity contribution in [1.82, 2.24) is 0 Å². The Balaban J connectivity index is 1.65. The van der Waals surface area contributed by atoms with Gasteiger partial charge in [0.15, 0.2) is 0 Å². The summed E-state index contributed by atoms with van der Waals surface area (Å²) in [6.07, 6.45) is 11.6. The van der Waals surface area contributed by atoms with E-state index in [1.165, 1.54) is 68.9 Å². The van der Waals surface area contributed by atoms with Gasteiger partial charge in [-0.25, -0.2) is 0 Å². The first kappa shape index (κ1) is 13.9. The highest BCUT2D eigenvalue weighted by Gasteiger charge is 2.31. The molecule has 0 saturated heterocycles. The highest BCUT2D eigenvalue weighted by atomic mass is 16.5. The van der Waals surface area contributed by atoms with Crippen molar-refractivity contribution in [3.05, 3.63) is 29.3 Å². The van der Waals surface area contributed by atoms with E-state index in [4.69, 9.17) is 10.5 Å². The largest absolute Gasteiger partial charge is 0.493 e. The van der Waals surface area contributed by atoms with Gasteiger partial charge in [-0.3, -0.25) is 0 Å². The van der Waals surface area contributed by atoms with Crippen LogP contribution in [-0.4, -0.2) is 13.2 Å². The second-order valence-corrected chi connectivity index (χ2v) is 6.69. The molecule has 1 aromatic rings. The van der Waals surface area contributed by atoms with E-state index in [1.807, 2.05) is 0 Å². The quantitative estimate of drug-likeness (QED) is 0.904. The van der Waals surface area contributed by atoms with Gasteiger partial charge in [-0.15, -0.1) is 0 Å². The highest BCUT2D eigenvalue weighted by molar-refractivity contribution is 5.37. The van der Waals surface area contributed by atoms with Crippen LogP contribution in [0.3, 0.4) is 0 Å². The summed E-state index contributed by atoms with van der Waals surface area (Å²) >= 11 is 0. The van der Waals surface area contributed by atoms with Crippen molar-refractivity contribution in [3.63, 3.8) is 0 Å². The summed E-state index contributed by atoms with van der Waals surface area (Å²) in [7, 11) is 0. The molecule has 0 bridgehead atoms. The van der Waals surface area contributed by atoms with Crippen molar-refractivity contribution in [1.29, 1.82) is 0 Å². The van der Waals surface area contributed by atoms with Gasteiger partial charge in [-0.05, 0) is 61.8 Å². The molecule has 2 nitrogen and oxygen atoms in total. The van der Waals surface area contributed by atoms with Gasteiger partial charge in [0.1, 0.15) is 5.75 Å². The molecular weight excluding hydrogens is 246 g/mol. The Hall–Kier alpha value is -1.02. The van der Waals surface area contributed by atoms with Gasteiger partial charge < -0.3 is 10.5 Å². The predicted octanol–water partition coefficient (Wildman–Crippen LogP) is 3.85. The molecule has 20 heavy (non-hydrogen) atoms. The maximum atomic E-state index is 6.13. The molecule has 1 fully saturated rings. The van der Waals surface area contributed by atoms with Crippen LogP contribution in [0.5, 0.6) is 5.75 Å². The van der Waals surface area contributed by atoms with Gasteiger partial charge in [0, 0.05) is 12.0 Å². The maximum Gasteiger partial charge on any atom is 0.119 e. The summed E-state index contributed by atoms with van der Waals surface area (Å²) in [5.74, 6) is 1.05. The van der Waals surface area contributed by atoms with Crippen molar-refractivity contribution >= 4 is 0 Å². The lowest BCUT2D eigenvalue weighted by Gasteiger charge is -2.35. The molecule has 2 N–H and O–H groups in total. The molecule has 2 aliphatic rings. The summed E-state index contributed by atoms with van der Waals surface area (Å²) in [6.45, 7) is 1.56. The molecule has 0 radical (unpaired) electrons. The third kappa shape index (κ3) is 3.01. The number of ether oxygens (including phenoxy) is 1. The van der Waals surface area contributed by atoms with E-state index in [1.54, 1.807) is 0 Å². The SMILES string of the molecule is NCC1(COc2ccc3c(c2)CCCC3)CCCCC1. The normalized spacial score (nSPS) is 21.2. The molecule has 0 aliphatic heterocycles. The van der Waals surface area contributed by atoms with Crippen molar-refractivity contribution < 1.29 is 4.74 Å². The zero-order valence-electron chi connectivity index (χ0n) is 12.5. The number of benzene rings is 1. The molecule has 0 amide bonds. The zero-order valence-corrected chi connectivity index (χ0v) is 12.5. The Kier molecular flexibility index (Phi) is 4.30. The highest BCUT2D eigenvalue weighted by Crippen LogP contribution is 2.36. The minimum absolute atomic E-state index is 0.230. The van der Waals surface area contributed by atoms with Crippen molar-refractivity contribution in [2.45, 2.75) is 57.8 Å². The molecule has 3 rings (SSSR count). The maximum absolute atomic E-state index is 6.13. The van der Waals surface area contributed by atoms with Gasteiger partial charge >= 0.3 is 0 Å². The molecule has 0 atom stereocenters. The van der Waals surface area contributed by atoms with Crippen LogP contribution in [-0.2, 0) is 12.8 Å². The van der Waals surface area contributed by atoms with Crippen molar-refractivity contribution in [2.24, 2.45) is 11.1 Å². The van der Waals surface area contributed by atoms with Crippen LogP contribution < -0.4 is 10.5 Å². The molecule has 0 heterocycles. The second-order valence-electron chi connectivity index (χ2n) is 6.69. The summed E-state index contributed by atoms with van der Waals surface area (Å²) in [5.41, 5.74) is 9.29. The van der Waals surface area contributed by atoms with E-state index in [0.29, 0.717) is 0 Å². The fourth-order valence-corrected chi connectivity index (χ4v) is 3.75. The number of hydrogen-bond acceptors (Lipinski definition) is 2. The summed E-state index contributed by atoms with van der Waals surface area (Å²) in [5, 5.41) is 0. The van der Waals surface area contributed by atoms with Gasteiger partial charge in [0.25, 0.3) is 0 Å². The van der Waals surface area contributed by atoms with Gasteiger partial charge in [0.05, 0.1) is 6.61 Å².